The first kappa shape index (κ1) is 18.7. The van der Waals surface area contributed by atoms with Gasteiger partial charge in [-0.05, 0) is 43.7 Å². The predicted octanol–water partition coefficient (Wildman–Crippen LogP) is 4.03. The summed E-state index contributed by atoms with van der Waals surface area (Å²) < 4.78 is 37.5. The Balaban J connectivity index is 2.22. The Kier molecular flexibility index (Phi) is 6.33. The van der Waals surface area contributed by atoms with Gasteiger partial charge in [0.15, 0.2) is 11.5 Å². The van der Waals surface area contributed by atoms with E-state index in [4.69, 9.17) is 9.47 Å². The van der Waals surface area contributed by atoms with Crippen molar-refractivity contribution in [2.45, 2.75) is 20.4 Å². The van der Waals surface area contributed by atoms with Gasteiger partial charge in [0.2, 0.25) is 0 Å². The van der Waals surface area contributed by atoms with Crippen LogP contribution in [-0.2, 0) is 6.54 Å². The molecule has 6 heteroatoms. The van der Waals surface area contributed by atoms with Crippen molar-refractivity contribution in [3.05, 3.63) is 59.2 Å². The zero-order chi connectivity index (χ0) is 18.4. The predicted molar refractivity (Wildman–Crippen MR) is 90.9 cm³/mol. The number of carbonyl (C=O) groups is 1. The van der Waals surface area contributed by atoms with Crippen LogP contribution in [0, 0.1) is 11.6 Å². The lowest BCUT2D eigenvalue weighted by atomic mass is 10.1. The summed E-state index contributed by atoms with van der Waals surface area (Å²) in [6, 6.07) is 8.20. The standard InChI is InChI=1S/C19H21F2NO3/c1-4-22(19(23)14-9-15(20)11-16(21)10-14)12-13-6-7-17(25-5-2)18(8-13)24-3/h6-11H,4-5,12H2,1-3H3. The molecule has 0 saturated carbocycles. The number of methoxy groups -OCH3 is 1. The Morgan fingerprint density at radius 2 is 1.72 bits per heavy atom. The van der Waals surface area contributed by atoms with E-state index in [0.29, 0.717) is 24.7 Å². The van der Waals surface area contributed by atoms with Crippen molar-refractivity contribution in [2.24, 2.45) is 0 Å². The van der Waals surface area contributed by atoms with Gasteiger partial charge in [0.1, 0.15) is 11.6 Å². The number of ether oxygens (including phenoxy) is 2. The Bertz CT molecular complexity index is 729. The summed E-state index contributed by atoms with van der Waals surface area (Å²) in [5, 5.41) is 0. The smallest absolute Gasteiger partial charge is 0.254 e. The van der Waals surface area contributed by atoms with Crippen LogP contribution < -0.4 is 9.47 Å². The summed E-state index contributed by atoms with van der Waals surface area (Å²) in [5.74, 6) is -0.798. The van der Waals surface area contributed by atoms with Crippen molar-refractivity contribution in [1.82, 2.24) is 4.90 Å². The number of benzene rings is 2. The third-order valence-corrected chi connectivity index (χ3v) is 3.68. The van der Waals surface area contributed by atoms with Gasteiger partial charge in [-0.2, -0.15) is 0 Å². The minimum absolute atomic E-state index is 0.0164. The quantitative estimate of drug-likeness (QED) is 0.757. The van der Waals surface area contributed by atoms with Gasteiger partial charge in [0.05, 0.1) is 13.7 Å². The molecule has 0 heterocycles. The molecule has 2 aromatic carbocycles. The average Bonchev–Trinajstić information content (AvgIpc) is 2.59. The number of halogens is 2. The molecule has 0 fully saturated rings. The van der Waals surface area contributed by atoms with Crippen LogP contribution >= 0.6 is 0 Å². The van der Waals surface area contributed by atoms with Crippen LogP contribution in [0.2, 0.25) is 0 Å². The van der Waals surface area contributed by atoms with Crippen LogP contribution in [-0.4, -0.2) is 31.1 Å². The van der Waals surface area contributed by atoms with Crippen molar-refractivity contribution in [3.63, 3.8) is 0 Å². The largest absolute Gasteiger partial charge is 0.493 e. The van der Waals surface area contributed by atoms with Gasteiger partial charge in [-0.3, -0.25) is 4.79 Å². The van der Waals surface area contributed by atoms with Crippen LogP contribution in [0.1, 0.15) is 29.8 Å². The highest BCUT2D eigenvalue weighted by atomic mass is 19.1. The lowest BCUT2D eigenvalue weighted by molar-refractivity contribution is 0.0751. The third-order valence-electron chi connectivity index (χ3n) is 3.68. The number of hydrogen-bond donors (Lipinski definition) is 0. The second kappa shape index (κ2) is 8.46. The van der Waals surface area contributed by atoms with E-state index < -0.39 is 17.5 Å². The molecule has 0 aliphatic rings. The van der Waals surface area contributed by atoms with Crippen LogP contribution in [0.25, 0.3) is 0 Å². The van der Waals surface area contributed by atoms with Gasteiger partial charge in [-0.1, -0.05) is 6.07 Å². The average molecular weight is 349 g/mol. The highest BCUT2D eigenvalue weighted by Crippen LogP contribution is 2.28. The van der Waals surface area contributed by atoms with E-state index in [1.165, 1.54) is 4.90 Å². The maximum atomic E-state index is 13.4. The highest BCUT2D eigenvalue weighted by molar-refractivity contribution is 5.94. The first-order chi connectivity index (χ1) is 12.0. The summed E-state index contributed by atoms with van der Waals surface area (Å²) in [7, 11) is 1.54. The SMILES string of the molecule is CCOc1ccc(CN(CC)C(=O)c2cc(F)cc(F)c2)cc1OC. The lowest BCUT2D eigenvalue weighted by Crippen LogP contribution is -2.30. The zero-order valence-electron chi connectivity index (χ0n) is 14.5. The molecule has 0 bridgehead atoms. The molecule has 134 valence electrons. The maximum Gasteiger partial charge on any atom is 0.254 e. The van der Waals surface area contributed by atoms with Crippen molar-refractivity contribution >= 4 is 5.91 Å². The van der Waals surface area contributed by atoms with Crippen molar-refractivity contribution in [3.8, 4) is 11.5 Å². The molecule has 0 N–H and O–H groups in total. The summed E-state index contributed by atoms with van der Waals surface area (Å²) in [5.41, 5.74) is 0.810. The minimum atomic E-state index is -0.776. The molecule has 0 saturated heterocycles. The number of rotatable bonds is 7. The second-order valence-corrected chi connectivity index (χ2v) is 5.40. The van der Waals surface area contributed by atoms with Crippen LogP contribution in [0.5, 0.6) is 11.5 Å². The van der Waals surface area contributed by atoms with Gasteiger partial charge >= 0.3 is 0 Å². The first-order valence-electron chi connectivity index (χ1n) is 8.03. The lowest BCUT2D eigenvalue weighted by Gasteiger charge is -2.22. The summed E-state index contributed by atoms with van der Waals surface area (Å²) in [6.45, 7) is 4.88. The molecule has 25 heavy (non-hydrogen) atoms. The van der Waals surface area contributed by atoms with Gasteiger partial charge in [-0.25, -0.2) is 8.78 Å². The number of amides is 1. The van der Waals surface area contributed by atoms with Gasteiger partial charge in [-0.15, -0.1) is 0 Å². The molecule has 2 aromatic rings. The Morgan fingerprint density at radius 1 is 1.04 bits per heavy atom. The number of hydrogen-bond acceptors (Lipinski definition) is 3. The van der Waals surface area contributed by atoms with Crippen LogP contribution in [0.3, 0.4) is 0 Å². The monoisotopic (exact) mass is 349 g/mol. The van der Waals surface area contributed by atoms with E-state index in [0.717, 1.165) is 23.8 Å². The van der Waals surface area contributed by atoms with Crippen LogP contribution in [0.4, 0.5) is 8.78 Å². The van der Waals surface area contributed by atoms with E-state index >= 15 is 0 Å². The molecule has 1 amide bonds. The molecule has 0 unspecified atom stereocenters. The van der Waals surface area contributed by atoms with Crippen molar-refractivity contribution in [2.75, 3.05) is 20.3 Å². The first-order valence-corrected chi connectivity index (χ1v) is 8.03. The van der Waals surface area contributed by atoms with Crippen LogP contribution in [0.15, 0.2) is 36.4 Å². The molecule has 0 aromatic heterocycles. The van der Waals surface area contributed by atoms with E-state index in [1.807, 2.05) is 13.0 Å². The summed E-state index contributed by atoms with van der Waals surface area (Å²) in [6.07, 6.45) is 0. The summed E-state index contributed by atoms with van der Waals surface area (Å²) >= 11 is 0. The minimum Gasteiger partial charge on any atom is -0.493 e. The van der Waals surface area contributed by atoms with E-state index in [-0.39, 0.29) is 12.1 Å². The number of nitrogens with zero attached hydrogens (tertiary/aromatic N) is 1. The molecule has 0 aliphatic heterocycles. The second-order valence-electron chi connectivity index (χ2n) is 5.40. The Hall–Kier alpha value is -2.63. The molecule has 0 radical (unpaired) electrons. The van der Waals surface area contributed by atoms with E-state index in [2.05, 4.69) is 0 Å². The summed E-state index contributed by atoms with van der Waals surface area (Å²) in [4.78, 5) is 14.0. The Morgan fingerprint density at radius 3 is 2.28 bits per heavy atom. The molecule has 4 nitrogen and oxygen atoms in total. The Labute approximate surface area is 146 Å². The van der Waals surface area contributed by atoms with Crippen molar-refractivity contribution < 1.29 is 23.0 Å². The van der Waals surface area contributed by atoms with Crippen molar-refractivity contribution in [1.29, 1.82) is 0 Å². The van der Waals surface area contributed by atoms with Gasteiger partial charge < -0.3 is 14.4 Å². The fourth-order valence-corrected chi connectivity index (χ4v) is 2.49. The fraction of sp³-hybridized carbons (Fsp3) is 0.316. The normalized spacial score (nSPS) is 10.4. The van der Waals surface area contributed by atoms with E-state index in [9.17, 15) is 13.6 Å². The third kappa shape index (κ3) is 4.68. The van der Waals surface area contributed by atoms with E-state index in [1.54, 1.807) is 26.2 Å². The van der Waals surface area contributed by atoms with Gasteiger partial charge in [0.25, 0.3) is 5.91 Å². The number of carbonyl (C=O) groups excluding carboxylic acids is 1. The fourth-order valence-electron chi connectivity index (χ4n) is 2.49. The van der Waals surface area contributed by atoms with Gasteiger partial charge in [0, 0.05) is 24.7 Å². The molecule has 0 aliphatic carbocycles. The topological polar surface area (TPSA) is 38.8 Å². The molecular weight excluding hydrogens is 328 g/mol. The molecule has 0 spiro atoms. The highest BCUT2D eigenvalue weighted by Gasteiger charge is 2.17. The molecular formula is C19H21F2NO3. The molecule has 0 atom stereocenters. The zero-order valence-corrected chi connectivity index (χ0v) is 14.5. The maximum absolute atomic E-state index is 13.4. The molecule has 2 rings (SSSR count).